The lowest BCUT2D eigenvalue weighted by Crippen LogP contribution is -2.58. The van der Waals surface area contributed by atoms with Crippen LogP contribution in [0.2, 0.25) is 0 Å². The molecule has 0 radical (unpaired) electrons. The lowest BCUT2D eigenvalue weighted by atomic mass is 9.44. The summed E-state index contributed by atoms with van der Waals surface area (Å²) in [6.07, 6.45) is -1.07. The molecule has 2 fully saturated rings. The standard InChI is InChI=1S/C43H34F3NO6/c1-2-24-13-15-27(16-14-24)47-40(51)30-19-18-29-32(37(30)41(47)52)22-34-39(50)31(25-9-5-3-6-10-25)23-36(49)42(34,26-11-7-4-8-12-26)38(29)33-21-28(17-20-35(33)48)53-43(44,45)46/h3-18,20-21,23,30,32,34,37-38,48H,2,19,22H2,1H3. The van der Waals surface area contributed by atoms with Crippen molar-refractivity contribution < 1.29 is 42.2 Å². The van der Waals surface area contributed by atoms with Crippen molar-refractivity contribution in [1.29, 1.82) is 0 Å². The second-order valence-electron chi connectivity index (χ2n) is 14.1. The molecule has 1 aliphatic heterocycles. The predicted molar refractivity (Wildman–Crippen MR) is 190 cm³/mol. The molecule has 8 rings (SSSR count). The Hall–Kier alpha value is -5.77. The second-order valence-corrected chi connectivity index (χ2v) is 14.1. The van der Waals surface area contributed by atoms with Crippen molar-refractivity contribution in [3.8, 4) is 11.5 Å². The van der Waals surface area contributed by atoms with Crippen LogP contribution in [0.15, 0.2) is 121 Å². The molecule has 4 aliphatic rings. The van der Waals surface area contributed by atoms with Gasteiger partial charge in [-0.25, -0.2) is 0 Å². The van der Waals surface area contributed by atoms with E-state index in [9.17, 15) is 27.9 Å². The number of hydrogen-bond acceptors (Lipinski definition) is 6. The summed E-state index contributed by atoms with van der Waals surface area (Å²) in [5, 5.41) is 11.5. The average Bonchev–Trinajstić information content (AvgIpc) is 3.42. The molecule has 1 heterocycles. The van der Waals surface area contributed by atoms with Crippen LogP contribution in [-0.4, -0.2) is 34.8 Å². The number of Topliss-reactive ketones (excluding diaryl/α,β-unsaturated/α-hetero) is 1. The highest BCUT2D eigenvalue weighted by Gasteiger charge is 2.66. The third-order valence-electron chi connectivity index (χ3n) is 11.5. The van der Waals surface area contributed by atoms with Crippen molar-refractivity contribution >= 4 is 34.6 Å². The van der Waals surface area contributed by atoms with Crippen molar-refractivity contribution in [2.75, 3.05) is 4.90 Å². The Morgan fingerprint density at radius 2 is 1.53 bits per heavy atom. The summed E-state index contributed by atoms with van der Waals surface area (Å²) < 4.78 is 45.0. The highest BCUT2D eigenvalue weighted by Crippen LogP contribution is 2.64. The smallest absolute Gasteiger partial charge is 0.508 e. The number of halogens is 3. The van der Waals surface area contributed by atoms with Crippen LogP contribution in [0.4, 0.5) is 18.9 Å². The van der Waals surface area contributed by atoms with Crippen LogP contribution in [0.1, 0.15) is 47.9 Å². The molecule has 2 amide bonds. The SMILES string of the molecule is CCc1ccc(N2C(=O)C3CC=C4C(CC5C(=O)C(c6ccccc6)=CC(=O)C5(c5ccccc5)C4c4cc(OC(F)(F)F)ccc4O)C3C2=O)cc1. The van der Waals surface area contributed by atoms with Crippen molar-refractivity contribution in [3.05, 3.63) is 143 Å². The maximum atomic E-state index is 15.1. The molecule has 4 aromatic carbocycles. The largest absolute Gasteiger partial charge is 0.573 e. The average molecular weight is 718 g/mol. The van der Waals surface area contributed by atoms with E-state index in [4.69, 9.17) is 0 Å². The van der Waals surface area contributed by atoms with Crippen LogP contribution in [-0.2, 0) is 31.0 Å². The Balaban J connectivity index is 1.36. The number of hydrogen-bond donors (Lipinski definition) is 1. The third-order valence-corrected chi connectivity index (χ3v) is 11.5. The Kier molecular flexibility index (Phi) is 8.24. The van der Waals surface area contributed by atoms with Crippen LogP contribution in [0.3, 0.4) is 0 Å². The van der Waals surface area contributed by atoms with Gasteiger partial charge in [-0.15, -0.1) is 13.2 Å². The van der Waals surface area contributed by atoms with Crippen LogP contribution in [0, 0.1) is 23.7 Å². The fourth-order valence-electron chi connectivity index (χ4n) is 9.31. The number of imide groups is 1. The summed E-state index contributed by atoms with van der Waals surface area (Å²) in [6, 6.07) is 27.6. The van der Waals surface area contributed by atoms with E-state index in [2.05, 4.69) is 4.74 Å². The molecule has 1 saturated carbocycles. The Morgan fingerprint density at radius 1 is 0.849 bits per heavy atom. The van der Waals surface area contributed by atoms with Crippen molar-refractivity contribution in [1.82, 2.24) is 0 Å². The number of carbonyl (C=O) groups excluding carboxylic acids is 4. The van der Waals surface area contributed by atoms with Gasteiger partial charge in [0, 0.05) is 23.0 Å². The second kappa shape index (κ2) is 12.7. The number of ketones is 2. The van der Waals surface area contributed by atoms with E-state index in [0.717, 1.165) is 30.2 Å². The number of nitrogens with zero attached hydrogens (tertiary/aromatic N) is 1. The molecule has 0 spiro atoms. The normalized spacial score (nSPS) is 26.7. The topological polar surface area (TPSA) is 101 Å². The van der Waals surface area contributed by atoms with Gasteiger partial charge in [-0.2, -0.15) is 0 Å². The van der Waals surface area contributed by atoms with Crippen LogP contribution < -0.4 is 9.64 Å². The number of carbonyl (C=O) groups is 4. The molecular formula is C43H34F3NO6. The van der Waals surface area contributed by atoms with Gasteiger partial charge in [0.2, 0.25) is 11.8 Å². The van der Waals surface area contributed by atoms with Crippen molar-refractivity contribution in [3.63, 3.8) is 0 Å². The minimum absolute atomic E-state index is 0.00821. The first-order valence-corrected chi connectivity index (χ1v) is 17.6. The zero-order valence-electron chi connectivity index (χ0n) is 28.5. The number of benzene rings is 4. The number of allylic oxidation sites excluding steroid dienone is 4. The van der Waals surface area contributed by atoms with E-state index in [0.29, 0.717) is 22.4 Å². The molecular weight excluding hydrogens is 683 g/mol. The minimum Gasteiger partial charge on any atom is -0.508 e. The van der Waals surface area contributed by atoms with Gasteiger partial charge in [0.15, 0.2) is 11.6 Å². The predicted octanol–water partition coefficient (Wildman–Crippen LogP) is 7.88. The number of amides is 2. The molecule has 4 aromatic rings. The zero-order valence-corrected chi connectivity index (χ0v) is 28.5. The molecule has 1 saturated heterocycles. The lowest BCUT2D eigenvalue weighted by molar-refractivity contribution is -0.274. The number of aryl methyl sites for hydroxylation is 1. The van der Waals surface area contributed by atoms with Gasteiger partial charge in [0.05, 0.1) is 22.9 Å². The molecule has 7 nitrogen and oxygen atoms in total. The summed E-state index contributed by atoms with van der Waals surface area (Å²) in [7, 11) is 0. The van der Waals surface area contributed by atoms with Crippen molar-refractivity contribution in [2.24, 2.45) is 23.7 Å². The first-order valence-electron chi connectivity index (χ1n) is 17.6. The number of ether oxygens (including phenoxy) is 1. The molecule has 53 heavy (non-hydrogen) atoms. The van der Waals surface area contributed by atoms with Gasteiger partial charge in [-0.3, -0.25) is 24.1 Å². The maximum absolute atomic E-state index is 15.1. The molecule has 6 unspecified atom stereocenters. The number of rotatable bonds is 6. The number of phenolic OH excluding ortho intramolecular Hbond substituents is 1. The van der Waals surface area contributed by atoms with Gasteiger partial charge in [-0.1, -0.05) is 91.4 Å². The fraction of sp³-hybridized carbons (Fsp3) is 0.256. The Morgan fingerprint density at radius 3 is 2.19 bits per heavy atom. The minimum atomic E-state index is -5.06. The van der Waals surface area contributed by atoms with E-state index in [-0.39, 0.29) is 35.7 Å². The van der Waals surface area contributed by atoms with Gasteiger partial charge < -0.3 is 9.84 Å². The van der Waals surface area contributed by atoms with Gasteiger partial charge in [0.25, 0.3) is 0 Å². The summed E-state index contributed by atoms with van der Waals surface area (Å²) in [5.74, 6) is -7.49. The van der Waals surface area contributed by atoms with Gasteiger partial charge in [-0.05, 0) is 78.3 Å². The summed E-state index contributed by atoms with van der Waals surface area (Å²) in [4.78, 5) is 59.9. The molecule has 0 aromatic heterocycles. The molecule has 1 N–H and O–H groups in total. The number of phenols is 1. The van der Waals surface area contributed by atoms with Crippen molar-refractivity contribution in [2.45, 2.75) is 43.9 Å². The van der Waals surface area contributed by atoms with E-state index >= 15 is 9.59 Å². The molecule has 10 heteroatoms. The van der Waals surface area contributed by atoms with Gasteiger partial charge in [0.1, 0.15) is 11.5 Å². The first-order chi connectivity index (χ1) is 25.4. The summed E-state index contributed by atoms with van der Waals surface area (Å²) in [5.41, 5.74) is 1.30. The highest BCUT2D eigenvalue weighted by molar-refractivity contribution is 6.32. The first kappa shape index (κ1) is 34.3. The maximum Gasteiger partial charge on any atom is 0.573 e. The number of alkyl halides is 3. The van der Waals surface area contributed by atoms with Crippen LogP contribution in [0.5, 0.6) is 11.5 Å². The van der Waals surface area contributed by atoms with Crippen LogP contribution in [0.25, 0.3) is 5.57 Å². The lowest BCUT2D eigenvalue weighted by Gasteiger charge is -2.55. The van der Waals surface area contributed by atoms with Crippen LogP contribution >= 0.6 is 0 Å². The Bertz CT molecular complexity index is 2210. The quantitative estimate of drug-likeness (QED) is 0.161. The summed E-state index contributed by atoms with van der Waals surface area (Å²) >= 11 is 0. The van der Waals surface area contributed by atoms with E-state index < -0.39 is 64.6 Å². The Labute approximate surface area is 303 Å². The zero-order chi connectivity index (χ0) is 37.2. The molecule has 0 bridgehead atoms. The number of fused-ring (bicyclic) bond motifs is 4. The molecule has 3 aliphatic carbocycles. The van der Waals surface area contributed by atoms with E-state index in [1.54, 1.807) is 78.9 Å². The monoisotopic (exact) mass is 717 g/mol. The third kappa shape index (κ3) is 5.42. The number of anilines is 1. The summed E-state index contributed by atoms with van der Waals surface area (Å²) in [6.45, 7) is 2.00. The molecule has 6 atom stereocenters. The van der Waals surface area contributed by atoms with Gasteiger partial charge >= 0.3 is 6.36 Å². The molecule has 268 valence electrons. The fourth-order valence-corrected chi connectivity index (χ4v) is 9.31. The number of aromatic hydroxyl groups is 1. The highest BCUT2D eigenvalue weighted by atomic mass is 19.4. The van der Waals surface area contributed by atoms with E-state index in [1.807, 2.05) is 19.1 Å². The van der Waals surface area contributed by atoms with E-state index in [1.165, 1.54) is 11.0 Å².